The first-order chi connectivity index (χ1) is 16.9. The van der Waals surface area contributed by atoms with E-state index in [-0.39, 0.29) is 28.3 Å². The number of carbonyl (C=O) groups is 2. The maximum absolute atomic E-state index is 13.0. The van der Waals surface area contributed by atoms with Crippen LogP contribution in [0, 0.1) is 11.8 Å². The maximum atomic E-state index is 13.0. The van der Waals surface area contributed by atoms with Crippen molar-refractivity contribution in [3.05, 3.63) is 81.7 Å². The van der Waals surface area contributed by atoms with E-state index in [0.29, 0.717) is 54.7 Å². The average Bonchev–Trinajstić information content (AvgIpc) is 3.63. The van der Waals surface area contributed by atoms with Gasteiger partial charge in [-0.1, -0.05) is 36.7 Å². The molecule has 0 radical (unpaired) electrons. The van der Waals surface area contributed by atoms with Gasteiger partial charge in [0.2, 0.25) is 5.91 Å². The summed E-state index contributed by atoms with van der Waals surface area (Å²) in [6.45, 7) is 4.13. The van der Waals surface area contributed by atoms with Crippen molar-refractivity contribution < 1.29 is 9.59 Å². The first kappa shape index (κ1) is 23.1. The van der Waals surface area contributed by atoms with Crippen molar-refractivity contribution in [1.29, 1.82) is 0 Å². The van der Waals surface area contributed by atoms with E-state index in [9.17, 15) is 14.4 Å². The minimum absolute atomic E-state index is 0.0392. The molecule has 180 valence electrons. The molecule has 2 amide bonds. The molecular formula is C26H26ClN5O3. The number of benzene rings is 2. The lowest BCUT2D eigenvalue weighted by Gasteiger charge is -2.36. The maximum Gasteiger partial charge on any atom is 0.292 e. The Hall–Kier alpha value is -3.65. The van der Waals surface area contributed by atoms with Gasteiger partial charge in [-0.3, -0.25) is 14.4 Å². The summed E-state index contributed by atoms with van der Waals surface area (Å²) in [5.74, 6) is 0.516. The lowest BCUT2D eigenvalue weighted by atomic mass is 10.1. The molecule has 2 unspecified atom stereocenters. The number of rotatable bonds is 5. The quantitative estimate of drug-likeness (QED) is 0.590. The van der Waals surface area contributed by atoms with Crippen LogP contribution in [0.15, 0.2) is 65.6 Å². The number of halogens is 1. The van der Waals surface area contributed by atoms with E-state index < -0.39 is 0 Å². The number of aromatic nitrogens is 2. The van der Waals surface area contributed by atoms with Crippen LogP contribution >= 0.6 is 11.6 Å². The summed E-state index contributed by atoms with van der Waals surface area (Å²) in [5, 5.41) is 7.33. The van der Waals surface area contributed by atoms with Crippen molar-refractivity contribution in [2.75, 3.05) is 36.4 Å². The van der Waals surface area contributed by atoms with E-state index in [1.54, 1.807) is 47.5 Å². The zero-order valence-electron chi connectivity index (χ0n) is 19.4. The molecule has 2 fully saturated rings. The van der Waals surface area contributed by atoms with Crippen LogP contribution in [-0.4, -0.2) is 52.7 Å². The van der Waals surface area contributed by atoms with Crippen LogP contribution < -0.4 is 15.8 Å². The first-order valence-corrected chi connectivity index (χ1v) is 12.1. The molecule has 5 rings (SSSR count). The lowest BCUT2D eigenvalue weighted by Crippen LogP contribution is -2.49. The number of para-hydroxylation sites is 1. The molecule has 9 heteroatoms. The molecule has 1 saturated heterocycles. The fourth-order valence-electron chi connectivity index (χ4n) is 4.35. The SMILES string of the molecule is CC1CC1C(=O)Nc1ccc(C(=O)N2CCN(c3cnn(-c4ccccc4)c(=O)c3Cl)CC2)cc1. The Morgan fingerprint density at radius 2 is 1.66 bits per heavy atom. The average molecular weight is 492 g/mol. The van der Waals surface area contributed by atoms with Gasteiger partial charge < -0.3 is 15.1 Å². The monoisotopic (exact) mass is 491 g/mol. The Morgan fingerprint density at radius 3 is 2.29 bits per heavy atom. The second-order valence-corrected chi connectivity index (χ2v) is 9.44. The zero-order valence-corrected chi connectivity index (χ0v) is 20.1. The van der Waals surface area contributed by atoms with Crippen LogP contribution in [0.4, 0.5) is 11.4 Å². The van der Waals surface area contributed by atoms with Gasteiger partial charge in [-0.15, -0.1) is 0 Å². The van der Waals surface area contributed by atoms with Crippen molar-refractivity contribution in [1.82, 2.24) is 14.7 Å². The predicted molar refractivity (Wildman–Crippen MR) is 135 cm³/mol. The smallest absolute Gasteiger partial charge is 0.292 e. The van der Waals surface area contributed by atoms with Crippen molar-refractivity contribution in [3.8, 4) is 5.69 Å². The van der Waals surface area contributed by atoms with E-state index in [1.165, 1.54) is 4.68 Å². The Bertz CT molecular complexity index is 1300. The standard InChI is InChI=1S/C26H26ClN5O3/c1-17-15-21(17)24(33)29-19-9-7-18(8-10-19)25(34)31-13-11-30(12-14-31)22-16-28-32(26(35)23(22)27)20-5-3-2-4-6-20/h2-10,16-17,21H,11-15H2,1H3,(H,29,33). The second-order valence-electron chi connectivity index (χ2n) is 9.06. The Balaban J connectivity index is 1.21. The molecule has 1 aliphatic heterocycles. The Labute approximate surface area is 208 Å². The molecule has 3 aromatic rings. The fraction of sp³-hybridized carbons (Fsp3) is 0.308. The van der Waals surface area contributed by atoms with Gasteiger partial charge in [-0.25, -0.2) is 0 Å². The minimum atomic E-state index is -0.378. The van der Waals surface area contributed by atoms with Gasteiger partial charge in [0.15, 0.2) is 0 Å². The van der Waals surface area contributed by atoms with Crippen LogP contribution in [0.25, 0.3) is 5.69 Å². The minimum Gasteiger partial charge on any atom is -0.365 e. The van der Waals surface area contributed by atoms with Gasteiger partial charge in [0, 0.05) is 43.3 Å². The topological polar surface area (TPSA) is 87.5 Å². The number of piperazine rings is 1. The third-order valence-electron chi connectivity index (χ3n) is 6.65. The number of carbonyl (C=O) groups excluding carboxylic acids is 2. The van der Waals surface area contributed by atoms with Crippen molar-refractivity contribution in [3.63, 3.8) is 0 Å². The second kappa shape index (κ2) is 9.54. The highest BCUT2D eigenvalue weighted by molar-refractivity contribution is 6.33. The summed E-state index contributed by atoms with van der Waals surface area (Å²) in [6, 6.07) is 16.1. The number of nitrogens with one attached hydrogen (secondary N) is 1. The molecule has 1 aliphatic carbocycles. The van der Waals surface area contributed by atoms with Crippen LogP contribution in [0.2, 0.25) is 5.02 Å². The van der Waals surface area contributed by atoms with Crippen molar-refractivity contribution >= 4 is 34.8 Å². The molecule has 2 atom stereocenters. The van der Waals surface area contributed by atoms with Gasteiger partial charge in [0.1, 0.15) is 5.02 Å². The molecule has 1 N–H and O–H groups in total. The molecule has 0 bridgehead atoms. The highest BCUT2D eigenvalue weighted by atomic mass is 35.5. The summed E-state index contributed by atoms with van der Waals surface area (Å²) in [4.78, 5) is 41.6. The molecule has 35 heavy (non-hydrogen) atoms. The van der Waals surface area contributed by atoms with Gasteiger partial charge >= 0.3 is 0 Å². The number of nitrogens with zero attached hydrogens (tertiary/aromatic N) is 4. The normalized spacial score (nSPS) is 19.4. The predicted octanol–water partition coefficient (Wildman–Crippen LogP) is 3.44. The van der Waals surface area contributed by atoms with E-state index in [1.807, 2.05) is 23.1 Å². The van der Waals surface area contributed by atoms with Crippen LogP contribution in [0.1, 0.15) is 23.7 Å². The number of anilines is 2. The first-order valence-electron chi connectivity index (χ1n) is 11.7. The number of hydrogen-bond donors (Lipinski definition) is 1. The highest BCUT2D eigenvalue weighted by Gasteiger charge is 2.39. The largest absolute Gasteiger partial charge is 0.365 e. The highest BCUT2D eigenvalue weighted by Crippen LogP contribution is 2.38. The fourth-order valence-corrected chi connectivity index (χ4v) is 4.60. The van der Waals surface area contributed by atoms with Crippen LogP contribution in [0.3, 0.4) is 0 Å². The Morgan fingerprint density at radius 1 is 1.00 bits per heavy atom. The van der Waals surface area contributed by atoms with E-state index in [0.717, 1.165) is 6.42 Å². The van der Waals surface area contributed by atoms with Crippen molar-refractivity contribution in [2.45, 2.75) is 13.3 Å². The van der Waals surface area contributed by atoms with Crippen LogP contribution in [0.5, 0.6) is 0 Å². The zero-order chi connectivity index (χ0) is 24.5. The van der Waals surface area contributed by atoms with Gasteiger partial charge in [-0.2, -0.15) is 9.78 Å². The summed E-state index contributed by atoms with van der Waals surface area (Å²) >= 11 is 6.43. The Kier molecular flexibility index (Phi) is 6.30. The molecular weight excluding hydrogens is 466 g/mol. The lowest BCUT2D eigenvalue weighted by molar-refractivity contribution is -0.117. The van der Waals surface area contributed by atoms with E-state index in [2.05, 4.69) is 17.3 Å². The molecule has 1 saturated carbocycles. The van der Waals surface area contributed by atoms with Gasteiger partial charge in [-0.05, 0) is 48.7 Å². The van der Waals surface area contributed by atoms with E-state index in [4.69, 9.17) is 11.6 Å². The summed E-state index contributed by atoms with van der Waals surface area (Å²) in [6.07, 6.45) is 2.53. The van der Waals surface area contributed by atoms with Crippen molar-refractivity contribution in [2.24, 2.45) is 11.8 Å². The molecule has 0 spiro atoms. The molecule has 2 heterocycles. The molecule has 2 aromatic carbocycles. The molecule has 1 aromatic heterocycles. The molecule has 2 aliphatic rings. The molecule has 8 nitrogen and oxygen atoms in total. The van der Waals surface area contributed by atoms with Gasteiger partial charge in [0.25, 0.3) is 11.5 Å². The third kappa shape index (κ3) is 4.79. The summed E-state index contributed by atoms with van der Waals surface area (Å²) in [7, 11) is 0. The summed E-state index contributed by atoms with van der Waals surface area (Å²) in [5.41, 5.74) is 2.11. The number of hydrogen-bond acceptors (Lipinski definition) is 5. The van der Waals surface area contributed by atoms with E-state index >= 15 is 0 Å². The van der Waals surface area contributed by atoms with Gasteiger partial charge in [0.05, 0.1) is 17.6 Å². The van der Waals surface area contributed by atoms with Crippen LogP contribution in [-0.2, 0) is 4.79 Å². The summed E-state index contributed by atoms with van der Waals surface area (Å²) < 4.78 is 1.28. The third-order valence-corrected chi connectivity index (χ3v) is 7.01. The number of amides is 2.